The molecule has 3 heterocycles. The van der Waals surface area contributed by atoms with Crippen LogP contribution in [0.1, 0.15) is 60.8 Å². The molecule has 3 aromatic carbocycles. The van der Waals surface area contributed by atoms with Gasteiger partial charge in [0.2, 0.25) is 0 Å². The maximum Gasteiger partial charge on any atom is 0.324 e. The Morgan fingerprint density at radius 3 is 2.36 bits per heavy atom. The lowest BCUT2D eigenvalue weighted by Crippen LogP contribution is -2.37. The van der Waals surface area contributed by atoms with Gasteiger partial charge in [-0.25, -0.2) is 9.48 Å². The van der Waals surface area contributed by atoms with Crippen molar-refractivity contribution in [3.63, 3.8) is 0 Å². The molecule has 0 atom stereocenters. The minimum Gasteiger partial charge on any atom is -0.308 e. The van der Waals surface area contributed by atoms with Gasteiger partial charge in [0, 0.05) is 38.2 Å². The highest BCUT2D eigenvalue weighted by atomic mass is 32.1. The van der Waals surface area contributed by atoms with Crippen molar-refractivity contribution in [3.05, 3.63) is 107 Å². The van der Waals surface area contributed by atoms with E-state index >= 15 is 0 Å². The number of ketones is 1. The van der Waals surface area contributed by atoms with E-state index in [0.717, 1.165) is 60.4 Å². The van der Waals surface area contributed by atoms with E-state index in [2.05, 4.69) is 54.5 Å². The molecule has 2 N–H and O–H groups in total. The van der Waals surface area contributed by atoms with E-state index in [-0.39, 0.29) is 17.2 Å². The van der Waals surface area contributed by atoms with Crippen LogP contribution in [0, 0.1) is 12.8 Å². The van der Waals surface area contributed by atoms with Gasteiger partial charge in [0.1, 0.15) is 5.82 Å². The van der Waals surface area contributed by atoms with E-state index in [0.29, 0.717) is 18.3 Å². The van der Waals surface area contributed by atoms with Crippen molar-refractivity contribution in [1.29, 1.82) is 0 Å². The minimum absolute atomic E-state index is 0.161. The monoisotopic (exact) mass is 619 g/mol. The van der Waals surface area contributed by atoms with E-state index in [1.165, 1.54) is 15.8 Å². The van der Waals surface area contributed by atoms with Crippen LogP contribution < -0.4 is 10.6 Å². The zero-order valence-corrected chi connectivity index (χ0v) is 27.3. The third-order valence-electron chi connectivity index (χ3n) is 8.59. The van der Waals surface area contributed by atoms with Crippen molar-refractivity contribution < 1.29 is 9.59 Å². The highest BCUT2D eigenvalue weighted by Gasteiger charge is 2.24. The molecule has 1 fully saturated rings. The van der Waals surface area contributed by atoms with Crippen molar-refractivity contribution in [3.8, 4) is 5.69 Å². The number of fused-ring (bicyclic) bond motifs is 1. The molecule has 0 radical (unpaired) electrons. The summed E-state index contributed by atoms with van der Waals surface area (Å²) in [4.78, 5) is 28.4. The second-order valence-corrected chi connectivity index (χ2v) is 14.1. The van der Waals surface area contributed by atoms with Gasteiger partial charge in [-0.15, -0.1) is 11.3 Å². The van der Waals surface area contributed by atoms with Gasteiger partial charge in [-0.3, -0.25) is 15.0 Å². The van der Waals surface area contributed by atoms with Crippen molar-refractivity contribution in [2.75, 3.05) is 30.3 Å². The summed E-state index contributed by atoms with van der Waals surface area (Å²) < 4.78 is 2.95. The Kier molecular flexibility index (Phi) is 8.88. The van der Waals surface area contributed by atoms with Gasteiger partial charge in [-0.2, -0.15) is 5.10 Å². The molecule has 1 saturated heterocycles. The molecule has 8 heteroatoms. The summed E-state index contributed by atoms with van der Waals surface area (Å²) in [6.07, 6.45) is 3.14. The van der Waals surface area contributed by atoms with Gasteiger partial charge in [-0.05, 0) is 81.1 Å². The second kappa shape index (κ2) is 13.0. The molecule has 0 aliphatic carbocycles. The van der Waals surface area contributed by atoms with Crippen LogP contribution in [0.15, 0.2) is 84.2 Å². The molecule has 7 nitrogen and oxygen atoms in total. The smallest absolute Gasteiger partial charge is 0.308 e. The van der Waals surface area contributed by atoms with E-state index in [4.69, 9.17) is 5.10 Å². The Hall–Kier alpha value is -4.27. The van der Waals surface area contributed by atoms with Gasteiger partial charge in [-0.1, -0.05) is 68.8 Å². The molecule has 0 bridgehead atoms. The van der Waals surface area contributed by atoms with Crippen LogP contribution in [-0.2, 0) is 11.8 Å². The molecule has 232 valence electrons. The molecule has 45 heavy (non-hydrogen) atoms. The zero-order valence-electron chi connectivity index (χ0n) is 26.5. The fourth-order valence-electron chi connectivity index (χ4n) is 5.89. The molecular formula is C37H41N5O2S. The fourth-order valence-corrected chi connectivity index (χ4v) is 6.85. The summed E-state index contributed by atoms with van der Waals surface area (Å²) in [7, 11) is 0. The number of urea groups is 1. The van der Waals surface area contributed by atoms with Gasteiger partial charge in [0.25, 0.3) is 0 Å². The number of aromatic nitrogens is 2. The number of rotatable bonds is 8. The Morgan fingerprint density at radius 1 is 0.933 bits per heavy atom. The van der Waals surface area contributed by atoms with E-state index < -0.39 is 0 Å². The molecule has 0 spiro atoms. The molecule has 1 aliphatic rings. The van der Waals surface area contributed by atoms with Crippen molar-refractivity contribution >= 4 is 44.7 Å². The molecule has 6 rings (SSSR count). The predicted octanol–water partition coefficient (Wildman–Crippen LogP) is 8.47. The molecule has 0 unspecified atom stereocenters. The number of likely N-dealkylation sites (tertiary alicyclic amines) is 1. The Morgan fingerprint density at radius 2 is 1.64 bits per heavy atom. The molecule has 5 aromatic rings. The summed E-state index contributed by atoms with van der Waals surface area (Å²) in [6.45, 7) is 10.7. The van der Waals surface area contributed by atoms with Gasteiger partial charge < -0.3 is 5.32 Å². The average Bonchev–Trinajstić information content (AvgIpc) is 3.65. The zero-order chi connectivity index (χ0) is 31.6. The molecule has 2 aromatic heterocycles. The summed E-state index contributed by atoms with van der Waals surface area (Å²) >= 11 is 1.64. The van der Waals surface area contributed by atoms with Crippen LogP contribution in [-0.4, -0.2) is 46.1 Å². The first kappa shape index (κ1) is 30.7. The highest BCUT2D eigenvalue weighted by Crippen LogP contribution is 2.29. The standard InChI is InChI=1S/C37H41N5O2S/c1-25-9-15-29(16-10-25)42-35(22-34(40-42)37(2,3)4)39-36(44)38-28-13-11-26(12-14-28)21-27-17-19-41(20-18-27)23-32(43)31-24-45-33-8-6-5-7-30(31)33/h5-16,22,24,27H,17-21,23H2,1-4H3,(H2,38,39,44). The maximum absolute atomic E-state index is 13.0. The number of hydrogen-bond donors (Lipinski definition) is 2. The SMILES string of the molecule is Cc1ccc(-n2nc(C(C)(C)C)cc2NC(=O)Nc2ccc(CC3CCN(CC(=O)c4csc5ccccc45)CC3)cc2)cc1. The first-order chi connectivity index (χ1) is 21.6. The Labute approximate surface area is 269 Å². The number of anilines is 2. The fraction of sp³-hybridized carbons (Fsp3) is 0.324. The van der Waals surface area contributed by atoms with Crippen molar-refractivity contribution in [2.24, 2.45) is 5.92 Å². The summed E-state index contributed by atoms with van der Waals surface area (Å²) in [6, 6.07) is 26.0. The van der Waals surface area contributed by atoms with Crippen LogP contribution >= 0.6 is 11.3 Å². The van der Waals surface area contributed by atoms with E-state index in [9.17, 15) is 9.59 Å². The lowest BCUT2D eigenvalue weighted by atomic mass is 9.90. The number of aryl methyl sites for hydroxylation is 1. The average molecular weight is 620 g/mol. The topological polar surface area (TPSA) is 79.3 Å². The van der Waals surface area contributed by atoms with Crippen LogP contribution in [0.2, 0.25) is 0 Å². The van der Waals surface area contributed by atoms with Crippen LogP contribution in [0.3, 0.4) is 0 Å². The number of nitrogens with one attached hydrogen (secondary N) is 2. The number of thiophene rings is 1. The number of carbonyl (C=O) groups excluding carboxylic acids is 2. The van der Waals surface area contributed by atoms with Gasteiger partial charge in [0.05, 0.1) is 17.9 Å². The first-order valence-electron chi connectivity index (χ1n) is 15.7. The van der Waals surface area contributed by atoms with Crippen molar-refractivity contribution in [1.82, 2.24) is 14.7 Å². The largest absolute Gasteiger partial charge is 0.324 e. The summed E-state index contributed by atoms with van der Waals surface area (Å²) in [5.74, 6) is 1.42. The highest BCUT2D eigenvalue weighted by molar-refractivity contribution is 7.17. The Bertz CT molecular complexity index is 1790. The third-order valence-corrected chi connectivity index (χ3v) is 9.55. The number of benzene rings is 3. The molecule has 1 aliphatic heterocycles. The third kappa shape index (κ3) is 7.35. The predicted molar refractivity (Wildman–Crippen MR) is 185 cm³/mol. The van der Waals surface area contributed by atoms with E-state index in [1.54, 1.807) is 16.0 Å². The number of piperidine rings is 1. The van der Waals surface area contributed by atoms with Crippen LogP contribution in [0.25, 0.3) is 15.8 Å². The second-order valence-electron chi connectivity index (χ2n) is 13.2. The number of amides is 2. The van der Waals surface area contributed by atoms with Gasteiger partial charge in [0.15, 0.2) is 5.78 Å². The number of nitrogens with zero attached hydrogens (tertiary/aromatic N) is 3. The summed E-state index contributed by atoms with van der Waals surface area (Å²) in [5.41, 5.74) is 5.65. The van der Waals surface area contributed by atoms with Crippen LogP contribution in [0.4, 0.5) is 16.3 Å². The number of Topliss-reactive ketones (excluding diaryl/α,β-unsaturated/α-hetero) is 1. The van der Waals surface area contributed by atoms with E-state index in [1.807, 2.05) is 73.0 Å². The van der Waals surface area contributed by atoms with Gasteiger partial charge >= 0.3 is 6.03 Å². The normalized spacial score (nSPS) is 14.5. The maximum atomic E-state index is 13.0. The lowest BCUT2D eigenvalue weighted by Gasteiger charge is -2.31. The summed E-state index contributed by atoms with van der Waals surface area (Å²) in [5, 5.41) is 13.9. The molecule has 0 saturated carbocycles. The minimum atomic E-state index is -0.311. The van der Waals surface area contributed by atoms with Crippen molar-refractivity contribution in [2.45, 2.75) is 52.4 Å². The number of carbonyl (C=O) groups is 2. The Balaban J connectivity index is 1.01. The first-order valence-corrected chi connectivity index (χ1v) is 16.6. The molecular weight excluding hydrogens is 579 g/mol. The lowest BCUT2D eigenvalue weighted by molar-refractivity contribution is 0.0897. The quantitative estimate of drug-likeness (QED) is 0.171. The molecule has 2 amide bonds. The number of hydrogen-bond acceptors (Lipinski definition) is 5. The van der Waals surface area contributed by atoms with Crippen LogP contribution in [0.5, 0.6) is 0 Å².